The number of hydrogen-bond donors (Lipinski definition) is 8. The van der Waals surface area contributed by atoms with Crippen molar-refractivity contribution in [2.45, 2.75) is 166 Å². The summed E-state index contributed by atoms with van der Waals surface area (Å²) in [6.07, 6.45) is 16.7. The fourth-order valence-corrected chi connectivity index (χ4v) is 14.5. The van der Waals surface area contributed by atoms with Gasteiger partial charge in [0, 0.05) is 41.2 Å². The first-order chi connectivity index (χ1) is 39.5. The third-order valence-electron chi connectivity index (χ3n) is 19.2. The Kier molecular flexibility index (Phi) is 16.1. The standard InChI is InChI=1S/C74H80O8/c1-44-32-52(20-26-64(44)75)70(53-21-27-65(76)45(2)33-53)62-38-48(18-24-68(62)79)36-56-40-58(42-60(72(56)81)50-14-8-5-9-15-50)74(30-12-7-13-31-74)59-41-57(73(82)61(43-59)51-16-10-6-11-17-51)37-49-19-25-69(80)63(39-49)71(54-22-28-66(77)46(3)34-54)55-23-29-67(78)47(4)35-55/h18-29,32-35,38-43,50-51,70-71,75-82H,5-17,30-31,36-37H2,1-4H3. The SMILES string of the molecule is Cc1cc(C(c2ccc(O)c(C)c2)c2cc(Cc3cc(C4(c5cc(Cc6ccc(O)c(C(c7ccc(O)c(C)c7)c7ccc(O)c(C)c7)c6)c(O)c(C6CCCCC6)c5)CCCCC4)cc(C4CCCCC4)c3O)ccc2O)ccc1O. The average Bonchev–Trinajstić information content (AvgIpc) is 3.54. The molecule has 0 heterocycles. The number of aromatic hydroxyl groups is 8. The van der Waals surface area contributed by atoms with Gasteiger partial charge in [-0.2, -0.15) is 0 Å². The van der Waals surface area contributed by atoms with Crippen LogP contribution in [0.1, 0.15) is 220 Å². The van der Waals surface area contributed by atoms with E-state index in [9.17, 15) is 40.9 Å². The molecule has 8 heteroatoms. The zero-order valence-corrected chi connectivity index (χ0v) is 48.1. The first kappa shape index (κ1) is 56.0. The molecule has 0 amide bonds. The minimum atomic E-state index is -0.425. The smallest absolute Gasteiger partial charge is 0.122 e. The highest BCUT2D eigenvalue weighted by Gasteiger charge is 2.39. The molecule has 0 spiro atoms. The number of phenolic OH excluding ortho intramolecular Hbond substituents is 8. The van der Waals surface area contributed by atoms with E-state index in [1.165, 1.54) is 24.0 Å². The lowest BCUT2D eigenvalue weighted by molar-refractivity contribution is 0.341. The normalized spacial score (nSPS) is 16.0. The Morgan fingerprint density at radius 2 is 0.671 bits per heavy atom. The van der Waals surface area contributed by atoms with Crippen LogP contribution in [0.3, 0.4) is 0 Å². The largest absolute Gasteiger partial charge is 0.508 e. The number of rotatable bonds is 14. The molecule has 8 nitrogen and oxygen atoms in total. The van der Waals surface area contributed by atoms with Crippen LogP contribution in [0.4, 0.5) is 0 Å². The summed E-state index contributed by atoms with van der Waals surface area (Å²) in [5, 5.41) is 91.6. The van der Waals surface area contributed by atoms with Crippen LogP contribution in [0.25, 0.3) is 0 Å². The van der Waals surface area contributed by atoms with Gasteiger partial charge >= 0.3 is 0 Å². The van der Waals surface area contributed by atoms with Crippen LogP contribution < -0.4 is 0 Å². The third-order valence-corrected chi connectivity index (χ3v) is 19.2. The molecule has 11 rings (SSSR count). The molecule has 8 aromatic carbocycles. The minimum Gasteiger partial charge on any atom is -0.508 e. The molecule has 3 saturated carbocycles. The summed E-state index contributed by atoms with van der Waals surface area (Å²) in [6.45, 7) is 7.47. The van der Waals surface area contributed by atoms with E-state index in [4.69, 9.17) is 0 Å². The van der Waals surface area contributed by atoms with Crippen molar-refractivity contribution in [3.8, 4) is 46.0 Å². The van der Waals surface area contributed by atoms with E-state index in [0.717, 1.165) is 161 Å². The molecule has 8 aromatic rings. The zero-order chi connectivity index (χ0) is 57.4. The Morgan fingerprint density at radius 1 is 0.354 bits per heavy atom. The van der Waals surface area contributed by atoms with Crippen molar-refractivity contribution >= 4 is 0 Å². The van der Waals surface area contributed by atoms with Crippen molar-refractivity contribution in [2.75, 3.05) is 0 Å². The minimum absolute atomic E-state index is 0.132. The van der Waals surface area contributed by atoms with Crippen molar-refractivity contribution < 1.29 is 40.9 Å². The molecule has 0 aromatic heterocycles. The summed E-state index contributed by atoms with van der Waals surface area (Å²) in [4.78, 5) is 0. The molecule has 0 saturated heterocycles. The van der Waals surface area contributed by atoms with Crippen LogP contribution in [-0.2, 0) is 18.3 Å². The van der Waals surface area contributed by atoms with Crippen molar-refractivity contribution in [3.05, 3.63) is 234 Å². The number of hydrogen-bond acceptors (Lipinski definition) is 8. The average molecular weight is 1100 g/mol. The maximum absolute atomic E-state index is 12.7. The Morgan fingerprint density at radius 3 is 1.00 bits per heavy atom. The highest BCUT2D eigenvalue weighted by molar-refractivity contribution is 5.60. The van der Waals surface area contributed by atoms with Crippen LogP contribution in [0.15, 0.2) is 133 Å². The van der Waals surface area contributed by atoms with Crippen molar-refractivity contribution in [1.29, 1.82) is 0 Å². The van der Waals surface area contributed by atoms with Gasteiger partial charge in [-0.25, -0.2) is 0 Å². The summed E-state index contributed by atoms with van der Waals surface area (Å²) in [7, 11) is 0. The lowest BCUT2D eigenvalue weighted by Gasteiger charge is -2.41. The maximum atomic E-state index is 12.7. The molecule has 0 aliphatic heterocycles. The summed E-state index contributed by atoms with van der Waals surface area (Å²) in [6, 6.07) is 43.0. The van der Waals surface area contributed by atoms with Gasteiger partial charge in [0.2, 0.25) is 0 Å². The summed E-state index contributed by atoms with van der Waals surface area (Å²) in [5.41, 5.74) is 15.4. The van der Waals surface area contributed by atoms with E-state index in [2.05, 4.69) is 36.4 Å². The molecule has 3 aliphatic rings. The highest BCUT2D eigenvalue weighted by Crippen LogP contribution is 2.52. The molecule has 0 atom stereocenters. The van der Waals surface area contributed by atoms with Crippen LogP contribution in [-0.4, -0.2) is 40.9 Å². The molecular weight excluding hydrogens is 1020 g/mol. The Hall–Kier alpha value is -7.84. The molecule has 3 aliphatic carbocycles. The van der Waals surface area contributed by atoms with E-state index in [1.54, 1.807) is 36.4 Å². The van der Waals surface area contributed by atoms with Gasteiger partial charge in [-0.3, -0.25) is 0 Å². The van der Waals surface area contributed by atoms with Crippen LogP contribution in [0, 0.1) is 27.7 Å². The summed E-state index contributed by atoms with van der Waals surface area (Å²) < 4.78 is 0. The lowest BCUT2D eigenvalue weighted by atomic mass is 9.63. The Balaban J connectivity index is 1.04. The van der Waals surface area contributed by atoms with Crippen LogP contribution in [0.5, 0.6) is 46.0 Å². The number of benzene rings is 8. The number of aryl methyl sites for hydroxylation is 4. The quantitative estimate of drug-likeness (QED) is 0.0499. The van der Waals surface area contributed by atoms with Crippen molar-refractivity contribution in [1.82, 2.24) is 0 Å². The zero-order valence-electron chi connectivity index (χ0n) is 48.1. The fourth-order valence-electron chi connectivity index (χ4n) is 14.5. The van der Waals surface area contributed by atoms with Crippen molar-refractivity contribution in [3.63, 3.8) is 0 Å². The van der Waals surface area contributed by atoms with Gasteiger partial charge in [-0.05, 0) is 203 Å². The predicted octanol–water partition coefficient (Wildman–Crippen LogP) is 17.5. The van der Waals surface area contributed by atoms with Crippen LogP contribution >= 0.6 is 0 Å². The second-order valence-corrected chi connectivity index (χ2v) is 24.6. The van der Waals surface area contributed by atoms with Crippen LogP contribution in [0.2, 0.25) is 0 Å². The lowest BCUT2D eigenvalue weighted by Crippen LogP contribution is -2.31. The first-order valence-electron chi connectivity index (χ1n) is 30.1. The molecule has 0 radical (unpaired) electrons. The van der Waals surface area contributed by atoms with Gasteiger partial charge in [0.05, 0.1) is 0 Å². The van der Waals surface area contributed by atoms with Crippen molar-refractivity contribution in [2.24, 2.45) is 0 Å². The van der Waals surface area contributed by atoms with E-state index >= 15 is 0 Å². The predicted molar refractivity (Wildman–Crippen MR) is 327 cm³/mol. The molecule has 0 bridgehead atoms. The maximum Gasteiger partial charge on any atom is 0.122 e. The van der Waals surface area contributed by atoms with E-state index in [0.29, 0.717) is 35.5 Å². The van der Waals surface area contributed by atoms with Gasteiger partial charge in [-0.15, -0.1) is 0 Å². The molecule has 82 heavy (non-hydrogen) atoms. The van der Waals surface area contributed by atoms with Gasteiger partial charge in [0.15, 0.2) is 0 Å². The third kappa shape index (κ3) is 11.3. The van der Waals surface area contributed by atoms with E-state index < -0.39 is 17.3 Å². The molecule has 0 unspecified atom stereocenters. The molecule has 424 valence electrons. The second-order valence-electron chi connectivity index (χ2n) is 24.6. The Labute approximate surface area is 484 Å². The number of phenols is 8. The van der Waals surface area contributed by atoms with E-state index in [-0.39, 0.29) is 46.3 Å². The summed E-state index contributed by atoms with van der Waals surface area (Å²) >= 11 is 0. The van der Waals surface area contributed by atoms with Gasteiger partial charge in [0.1, 0.15) is 46.0 Å². The molecule has 8 N–H and O–H groups in total. The molecular formula is C74H80O8. The summed E-state index contributed by atoms with van der Waals surface area (Å²) in [5.74, 6) is 1.28. The fraction of sp³-hybridized carbons (Fsp3) is 0.351. The topological polar surface area (TPSA) is 162 Å². The van der Waals surface area contributed by atoms with Gasteiger partial charge in [0.25, 0.3) is 0 Å². The van der Waals surface area contributed by atoms with E-state index in [1.807, 2.05) is 88.4 Å². The van der Waals surface area contributed by atoms with Gasteiger partial charge < -0.3 is 40.9 Å². The molecule has 3 fully saturated rings. The first-order valence-corrected chi connectivity index (χ1v) is 30.1. The Bertz CT molecular complexity index is 3310. The monoisotopic (exact) mass is 1100 g/mol. The van der Waals surface area contributed by atoms with Gasteiger partial charge in [-0.1, -0.05) is 155 Å². The highest BCUT2D eigenvalue weighted by atomic mass is 16.3. The second kappa shape index (κ2) is 23.6.